The Hall–Kier alpha value is -1.41. The van der Waals surface area contributed by atoms with Crippen LogP contribution in [-0.4, -0.2) is 29.5 Å². The lowest BCUT2D eigenvalue weighted by molar-refractivity contribution is 0.514. The summed E-state index contributed by atoms with van der Waals surface area (Å²) in [5.41, 5.74) is 5.73. The minimum absolute atomic E-state index is 0.314. The topological polar surface area (TPSA) is 87.4 Å². The van der Waals surface area contributed by atoms with Crippen molar-refractivity contribution in [2.45, 2.75) is 56.2 Å². The zero-order valence-electron chi connectivity index (χ0n) is 11.7. The molecule has 0 spiro atoms. The van der Waals surface area contributed by atoms with Crippen molar-refractivity contribution in [2.24, 2.45) is 5.73 Å². The van der Waals surface area contributed by atoms with Gasteiger partial charge >= 0.3 is 0 Å². The van der Waals surface area contributed by atoms with E-state index in [0.29, 0.717) is 18.6 Å². The molecule has 0 radical (unpaired) electrons. The maximum absolute atomic E-state index is 5.73. The lowest BCUT2D eigenvalue weighted by Gasteiger charge is -2.10. The van der Waals surface area contributed by atoms with Gasteiger partial charge in [-0.15, -0.1) is 10.2 Å². The molecule has 1 aliphatic carbocycles. The molecule has 2 aromatic heterocycles. The van der Waals surface area contributed by atoms with E-state index in [4.69, 9.17) is 5.73 Å². The van der Waals surface area contributed by atoms with Crippen molar-refractivity contribution in [1.29, 1.82) is 0 Å². The van der Waals surface area contributed by atoms with Crippen molar-refractivity contribution in [3.8, 4) is 0 Å². The molecule has 0 saturated heterocycles. The molecule has 1 aliphatic rings. The molecular weight excluding hydrogens is 274 g/mol. The Morgan fingerprint density at radius 3 is 2.80 bits per heavy atom. The third-order valence-corrected chi connectivity index (χ3v) is 4.24. The minimum atomic E-state index is 0.314. The molecule has 2 heterocycles. The maximum Gasteiger partial charge on any atom is 0.191 e. The van der Waals surface area contributed by atoms with Crippen LogP contribution in [0.25, 0.3) is 0 Å². The van der Waals surface area contributed by atoms with Crippen LogP contribution in [0.1, 0.15) is 50.4 Å². The number of thioether (sulfide) groups is 1. The van der Waals surface area contributed by atoms with Gasteiger partial charge in [0, 0.05) is 12.1 Å². The van der Waals surface area contributed by atoms with E-state index >= 15 is 0 Å². The summed E-state index contributed by atoms with van der Waals surface area (Å²) >= 11 is 1.65. The van der Waals surface area contributed by atoms with E-state index in [1.165, 1.54) is 12.8 Å². The largest absolute Gasteiger partial charge is 0.324 e. The minimum Gasteiger partial charge on any atom is -0.324 e. The van der Waals surface area contributed by atoms with Crippen molar-refractivity contribution in [3.63, 3.8) is 0 Å². The highest BCUT2D eigenvalue weighted by molar-refractivity contribution is 7.98. The molecule has 3 rings (SSSR count). The molecule has 0 aliphatic heterocycles. The lowest BCUT2D eigenvalue weighted by Crippen LogP contribution is -2.09. The molecule has 1 saturated carbocycles. The van der Waals surface area contributed by atoms with Gasteiger partial charge in [0.1, 0.15) is 18.0 Å². The van der Waals surface area contributed by atoms with E-state index in [1.54, 1.807) is 18.1 Å². The van der Waals surface area contributed by atoms with Crippen LogP contribution in [-0.2, 0) is 12.3 Å². The number of hydrogen-bond donors (Lipinski definition) is 1. The smallest absolute Gasteiger partial charge is 0.191 e. The summed E-state index contributed by atoms with van der Waals surface area (Å²) in [6.07, 6.45) is 3.99. The first-order chi connectivity index (χ1) is 9.70. The van der Waals surface area contributed by atoms with Gasteiger partial charge in [-0.1, -0.05) is 11.8 Å². The third kappa shape index (κ3) is 2.57. The summed E-state index contributed by atoms with van der Waals surface area (Å²) in [7, 11) is 0. The Morgan fingerprint density at radius 1 is 1.35 bits per heavy atom. The Kier molecular flexibility index (Phi) is 3.75. The highest BCUT2D eigenvalue weighted by Gasteiger charge is 2.29. The second kappa shape index (κ2) is 5.53. The first-order valence-corrected chi connectivity index (χ1v) is 7.84. The average Bonchev–Trinajstić information content (AvgIpc) is 3.02. The van der Waals surface area contributed by atoms with Gasteiger partial charge in [0.05, 0.1) is 12.3 Å². The van der Waals surface area contributed by atoms with E-state index in [-0.39, 0.29) is 0 Å². The Balaban J connectivity index is 1.75. The van der Waals surface area contributed by atoms with Crippen molar-refractivity contribution in [2.75, 3.05) is 0 Å². The van der Waals surface area contributed by atoms with Crippen molar-refractivity contribution < 1.29 is 0 Å². The fourth-order valence-electron chi connectivity index (χ4n) is 2.18. The molecular formula is C12H19N7S. The molecule has 0 amide bonds. The van der Waals surface area contributed by atoms with E-state index in [1.807, 2.05) is 4.68 Å². The van der Waals surface area contributed by atoms with Gasteiger partial charge in [-0.05, 0) is 26.7 Å². The van der Waals surface area contributed by atoms with Gasteiger partial charge in [-0.3, -0.25) is 0 Å². The van der Waals surface area contributed by atoms with Crippen LogP contribution in [0.3, 0.4) is 0 Å². The summed E-state index contributed by atoms with van der Waals surface area (Å²) < 4.78 is 4.12. The van der Waals surface area contributed by atoms with Gasteiger partial charge in [0.2, 0.25) is 0 Å². The summed E-state index contributed by atoms with van der Waals surface area (Å²) in [6, 6.07) is 0.850. The van der Waals surface area contributed by atoms with E-state index < -0.39 is 0 Å². The highest BCUT2D eigenvalue weighted by Crippen LogP contribution is 2.39. The van der Waals surface area contributed by atoms with Gasteiger partial charge in [0.25, 0.3) is 0 Å². The zero-order chi connectivity index (χ0) is 14.1. The van der Waals surface area contributed by atoms with Gasteiger partial charge < -0.3 is 10.3 Å². The molecule has 2 N–H and O–H groups in total. The van der Waals surface area contributed by atoms with Crippen molar-refractivity contribution in [1.82, 2.24) is 29.5 Å². The molecule has 0 atom stereocenters. The number of nitrogens with zero attached hydrogens (tertiary/aromatic N) is 6. The van der Waals surface area contributed by atoms with Crippen molar-refractivity contribution in [3.05, 3.63) is 18.0 Å². The van der Waals surface area contributed by atoms with Crippen LogP contribution in [0.5, 0.6) is 0 Å². The monoisotopic (exact) mass is 293 g/mol. The van der Waals surface area contributed by atoms with Gasteiger partial charge in [0.15, 0.2) is 5.16 Å². The fourth-order valence-corrected chi connectivity index (χ4v) is 3.14. The van der Waals surface area contributed by atoms with Crippen molar-refractivity contribution >= 4 is 11.8 Å². The van der Waals surface area contributed by atoms with Crippen LogP contribution in [0, 0.1) is 0 Å². The number of nitrogens with two attached hydrogens (primary N) is 1. The van der Waals surface area contributed by atoms with Crippen LogP contribution < -0.4 is 5.73 Å². The third-order valence-electron chi connectivity index (χ3n) is 3.30. The predicted molar refractivity (Wildman–Crippen MR) is 76.2 cm³/mol. The fraction of sp³-hybridized carbons (Fsp3) is 0.667. The van der Waals surface area contributed by atoms with E-state index in [0.717, 1.165) is 22.6 Å². The van der Waals surface area contributed by atoms with Crippen LogP contribution in [0.15, 0.2) is 11.5 Å². The number of rotatable bonds is 6. The lowest BCUT2D eigenvalue weighted by atomic mass is 10.4. The van der Waals surface area contributed by atoms with Crippen LogP contribution >= 0.6 is 11.8 Å². The maximum atomic E-state index is 5.73. The SMILES string of the molecule is CC(C)n1ncnc1CSc1nnc(CN)n1C1CC1. The zero-order valence-corrected chi connectivity index (χ0v) is 12.5. The quantitative estimate of drug-likeness (QED) is 0.813. The van der Waals surface area contributed by atoms with Crippen LogP contribution in [0.4, 0.5) is 0 Å². The standard InChI is InChI=1S/C12H19N7S/c1-8(2)19-11(14-7-15-19)6-20-12-17-16-10(5-13)18(12)9-3-4-9/h7-9H,3-6,13H2,1-2H3. The molecule has 0 aromatic carbocycles. The predicted octanol–water partition coefficient (Wildman–Crippen LogP) is 1.54. The van der Waals surface area contributed by atoms with E-state index in [9.17, 15) is 0 Å². The summed E-state index contributed by atoms with van der Waals surface area (Å²) in [5.74, 6) is 2.58. The summed E-state index contributed by atoms with van der Waals surface area (Å²) in [4.78, 5) is 4.32. The molecule has 0 bridgehead atoms. The first-order valence-electron chi connectivity index (χ1n) is 6.85. The van der Waals surface area contributed by atoms with Gasteiger partial charge in [-0.25, -0.2) is 9.67 Å². The Labute approximate surface area is 122 Å². The highest BCUT2D eigenvalue weighted by atomic mass is 32.2. The molecule has 1 fully saturated rings. The molecule has 108 valence electrons. The normalized spacial score (nSPS) is 15.2. The van der Waals surface area contributed by atoms with Crippen LogP contribution in [0.2, 0.25) is 0 Å². The molecule has 0 unspecified atom stereocenters. The van der Waals surface area contributed by atoms with Gasteiger partial charge in [-0.2, -0.15) is 5.10 Å². The average molecular weight is 293 g/mol. The summed E-state index contributed by atoms with van der Waals surface area (Å²) in [6.45, 7) is 4.64. The number of hydrogen-bond acceptors (Lipinski definition) is 6. The van der Waals surface area contributed by atoms with E-state index in [2.05, 4.69) is 38.7 Å². The molecule has 2 aromatic rings. The second-order valence-corrected chi connectivity index (χ2v) is 6.15. The Morgan fingerprint density at radius 2 is 2.15 bits per heavy atom. The molecule has 7 nitrogen and oxygen atoms in total. The second-order valence-electron chi connectivity index (χ2n) is 5.21. The molecule has 8 heteroatoms. The number of aromatic nitrogens is 6. The molecule has 20 heavy (non-hydrogen) atoms. The first kappa shape index (κ1) is 13.6. The summed E-state index contributed by atoms with van der Waals surface area (Å²) in [5, 5.41) is 13.6. The Bertz CT molecular complexity index is 584.